The van der Waals surface area contributed by atoms with E-state index in [1.807, 2.05) is 13.8 Å². The van der Waals surface area contributed by atoms with Crippen molar-refractivity contribution in [2.24, 2.45) is 11.1 Å². The molecule has 0 aromatic carbocycles. The summed E-state index contributed by atoms with van der Waals surface area (Å²) in [6.07, 6.45) is -3.64. The van der Waals surface area contributed by atoms with Crippen LogP contribution in [0.3, 0.4) is 0 Å². The molecule has 0 bridgehead atoms. The summed E-state index contributed by atoms with van der Waals surface area (Å²) in [5.74, 6) is -4.77. The maximum absolute atomic E-state index is 12.4. The van der Waals surface area contributed by atoms with Crippen molar-refractivity contribution >= 4 is 0 Å². The summed E-state index contributed by atoms with van der Waals surface area (Å²) in [6.45, 7) is 2.71. The highest BCUT2D eigenvalue weighted by molar-refractivity contribution is 4.75. The van der Waals surface area contributed by atoms with Gasteiger partial charge in [-0.3, -0.25) is 0 Å². The molecule has 0 spiro atoms. The van der Waals surface area contributed by atoms with Crippen LogP contribution >= 0.6 is 0 Å². The number of nitrogens with two attached hydrogens (primary N) is 1. The number of unbranched alkanes of at least 4 members (excludes halogenated alkanes) is 1. The Hall–Kier alpha value is -0.430. The van der Waals surface area contributed by atoms with Crippen molar-refractivity contribution in [3.63, 3.8) is 0 Å². The van der Waals surface area contributed by atoms with Crippen LogP contribution in [-0.2, 0) is 4.74 Å². The molecule has 0 aromatic heterocycles. The Balaban J connectivity index is 3.70. The predicted octanol–water partition coefficient (Wildman–Crippen LogP) is 3.36. The van der Waals surface area contributed by atoms with E-state index in [1.54, 1.807) is 0 Å². The highest BCUT2D eigenvalue weighted by Crippen LogP contribution is 2.35. The molecule has 0 rings (SSSR count). The molecule has 2 N–H and O–H groups in total. The third kappa shape index (κ3) is 6.49. The molecule has 0 fully saturated rings. The van der Waals surface area contributed by atoms with E-state index in [-0.39, 0.29) is 12.0 Å². The van der Waals surface area contributed by atoms with Gasteiger partial charge in [0.1, 0.15) is 6.61 Å². The number of ether oxygens (including phenoxy) is 1. The maximum atomic E-state index is 12.4. The molecule has 0 aliphatic heterocycles. The zero-order valence-electron chi connectivity index (χ0n) is 10.6. The molecule has 0 aromatic rings. The van der Waals surface area contributed by atoms with Crippen molar-refractivity contribution < 1.29 is 26.7 Å². The summed E-state index contributed by atoms with van der Waals surface area (Å²) in [5.41, 5.74) is 5.45. The van der Waals surface area contributed by atoms with Crippen LogP contribution in [0.15, 0.2) is 0 Å². The molecule has 0 aliphatic carbocycles. The van der Waals surface area contributed by atoms with E-state index in [0.29, 0.717) is 19.4 Å². The molecule has 18 heavy (non-hydrogen) atoms. The quantitative estimate of drug-likeness (QED) is 0.545. The second kappa shape index (κ2) is 6.65. The van der Waals surface area contributed by atoms with E-state index in [1.165, 1.54) is 0 Å². The van der Waals surface area contributed by atoms with Crippen LogP contribution in [-0.4, -0.2) is 31.9 Å². The first-order chi connectivity index (χ1) is 8.02. The van der Waals surface area contributed by atoms with Crippen LogP contribution in [0.2, 0.25) is 0 Å². The second-order valence-electron chi connectivity index (χ2n) is 5.08. The number of rotatable bonds is 8. The van der Waals surface area contributed by atoms with Crippen LogP contribution in [0, 0.1) is 5.41 Å². The molecule has 0 atom stereocenters. The summed E-state index contributed by atoms with van der Waals surface area (Å²) in [4.78, 5) is 0. The first kappa shape index (κ1) is 17.6. The van der Waals surface area contributed by atoms with Crippen molar-refractivity contribution in [1.29, 1.82) is 0 Å². The van der Waals surface area contributed by atoms with Gasteiger partial charge in [-0.05, 0) is 24.8 Å². The number of hydrogen-bond donors (Lipinski definition) is 1. The number of hydrogen-bond acceptors (Lipinski definition) is 2. The monoisotopic (exact) mass is 277 g/mol. The molecular weight excluding hydrogens is 257 g/mol. The molecule has 0 heterocycles. The van der Waals surface area contributed by atoms with E-state index >= 15 is 0 Å². The van der Waals surface area contributed by atoms with Gasteiger partial charge in [0.2, 0.25) is 0 Å². The van der Waals surface area contributed by atoms with Crippen LogP contribution in [0.25, 0.3) is 0 Å². The van der Waals surface area contributed by atoms with E-state index in [9.17, 15) is 22.0 Å². The Labute approximate surface area is 104 Å². The molecule has 110 valence electrons. The van der Waals surface area contributed by atoms with Crippen molar-refractivity contribution in [2.75, 3.05) is 19.8 Å². The molecular formula is C11H20F5NO. The zero-order chi connectivity index (χ0) is 14.4. The third-order valence-corrected chi connectivity index (χ3v) is 2.64. The fraction of sp³-hybridized carbons (Fsp3) is 1.00. The zero-order valence-corrected chi connectivity index (χ0v) is 10.6. The van der Waals surface area contributed by atoms with Crippen molar-refractivity contribution in [3.05, 3.63) is 0 Å². The Morgan fingerprint density at radius 2 is 1.56 bits per heavy atom. The van der Waals surface area contributed by atoms with Crippen LogP contribution in [0.4, 0.5) is 22.0 Å². The largest absolute Gasteiger partial charge is 0.455 e. The average molecular weight is 277 g/mol. The van der Waals surface area contributed by atoms with Crippen molar-refractivity contribution in [3.8, 4) is 0 Å². The highest BCUT2D eigenvalue weighted by Gasteiger charge is 2.57. The van der Waals surface area contributed by atoms with Gasteiger partial charge in [0.05, 0.1) is 0 Å². The van der Waals surface area contributed by atoms with Gasteiger partial charge in [-0.25, -0.2) is 0 Å². The van der Waals surface area contributed by atoms with Crippen LogP contribution < -0.4 is 5.73 Å². The highest BCUT2D eigenvalue weighted by atomic mass is 19.4. The van der Waals surface area contributed by atoms with Gasteiger partial charge in [0, 0.05) is 6.61 Å². The minimum absolute atomic E-state index is 0.0457. The fourth-order valence-corrected chi connectivity index (χ4v) is 1.19. The molecule has 0 amide bonds. The van der Waals surface area contributed by atoms with Gasteiger partial charge >= 0.3 is 12.1 Å². The van der Waals surface area contributed by atoms with Gasteiger partial charge < -0.3 is 10.5 Å². The molecule has 0 unspecified atom stereocenters. The Morgan fingerprint density at radius 1 is 1.00 bits per heavy atom. The van der Waals surface area contributed by atoms with E-state index < -0.39 is 18.7 Å². The third-order valence-electron chi connectivity index (χ3n) is 2.64. The fourth-order valence-electron chi connectivity index (χ4n) is 1.19. The molecule has 0 radical (unpaired) electrons. The van der Waals surface area contributed by atoms with Gasteiger partial charge in [0.15, 0.2) is 0 Å². The lowest BCUT2D eigenvalue weighted by atomic mass is 9.87. The smallest absolute Gasteiger partial charge is 0.375 e. The first-order valence-corrected chi connectivity index (χ1v) is 5.74. The minimum Gasteiger partial charge on any atom is -0.375 e. The summed E-state index contributed by atoms with van der Waals surface area (Å²) in [6, 6.07) is 0. The van der Waals surface area contributed by atoms with E-state index in [2.05, 4.69) is 4.74 Å². The standard InChI is InChI=1S/C11H20F5NO/c1-9(2,7-17)5-3-4-6-18-8-10(12,13)11(14,15)16/h3-8,17H2,1-2H3. The number of alkyl halides is 5. The Kier molecular flexibility index (Phi) is 6.50. The predicted molar refractivity (Wildman–Crippen MR) is 58.5 cm³/mol. The maximum Gasteiger partial charge on any atom is 0.455 e. The summed E-state index contributed by atoms with van der Waals surface area (Å²) in [5, 5.41) is 0. The topological polar surface area (TPSA) is 35.2 Å². The minimum atomic E-state index is -5.55. The lowest BCUT2D eigenvalue weighted by Crippen LogP contribution is -2.40. The van der Waals surface area contributed by atoms with Crippen molar-refractivity contribution in [1.82, 2.24) is 0 Å². The van der Waals surface area contributed by atoms with Crippen LogP contribution in [0.5, 0.6) is 0 Å². The number of halogens is 5. The first-order valence-electron chi connectivity index (χ1n) is 5.74. The molecule has 2 nitrogen and oxygen atoms in total. The molecule has 0 aliphatic rings. The van der Waals surface area contributed by atoms with Crippen molar-refractivity contribution in [2.45, 2.75) is 45.2 Å². The van der Waals surface area contributed by atoms with Gasteiger partial charge in [-0.15, -0.1) is 0 Å². The Morgan fingerprint density at radius 3 is 2.00 bits per heavy atom. The lowest BCUT2D eigenvalue weighted by molar-refractivity contribution is -0.296. The van der Waals surface area contributed by atoms with Gasteiger partial charge in [0.25, 0.3) is 0 Å². The summed E-state index contributed by atoms with van der Waals surface area (Å²) < 4.78 is 64.5. The lowest BCUT2D eigenvalue weighted by Gasteiger charge is -2.22. The molecule has 0 saturated heterocycles. The normalized spacial score (nSPS) is 14.0. The molecule has 7 heteroatoms. The van der Waals surface area contributed by atoms with Crippen LogP contribution in [0.1, 0.15) is 33.1 Å². The Bertz CT molecular complexity index is 240. The summed E-state index contributed by atoms with van der Waals surface area (Å²) in [7, 11) is 0. The van der Waals surface area contributed by atoms with E-state index in [0.717, 1.165) is 6.42 Å². The SMILES string of the molecule is CC(C)(CN)CCCCOCC(F)(F)C(F)(F)F. The van der Waals surface area contributed by atoms with Gasteiger partial charge in [-0.2, -0.15) is 22.0 Å². The van der Waals surface area contributed by atoms with E-state index in [4.69, 9.17) is 5.73 Å². The second-order valence-corrected chi connectivity index (χ2v) is 5.08. The molecule has 0 saturated carbocycles. The van der Waals surface area contributed by atoms with Gasteiger partial charge in [-0.1, -0.05) is 20.3 Å². The average Bonchev–Trinajstić information content (AvgIpc) is 2.21. The summed E-state index contributed by atoms with van der Waals surface area (Å²) >= 11 is 0.